The minimum atomic E-state index is -0.757. The van der Waals surface area contributed by atoms with Crippen molar-refractivity contribution in [3.05, 3.63) is 65.5 Å². The van der Waals surface area contributed by atoms with Crippen LogP contribution in [-0.2, 0) is 16.1 Å². The summed E-state index contributed by atoms with van der Waals surface area (Å²) in [5.74, 6) is -1.32. The van der Waals surface area contributed by atoms with Gasteiger partial charge in [-0.1, -0.05) is 24.3 Å². The highest BCUT2D eigenvalue weighted by atomic mass is 19.1. The third-order valence-electron chi connectivity index (χ3n) is 4.59. The smallest absolute Gasteiger partial charge is 0.332 e. The molecule has 27 heavy (non-hydrogen) atoms. The van der Waals surface area contributed by atoms with E-state index in [1.165, 1.54) is 29.2 Å². The van der Waals surface area contributed by atoms with Gasteiger partial charge in [0.1, 0.15) is 18.4 Å². The lowest BCUT2D eigenvalue weighted by Gasteiger charge is -2.19. The first-order valence-electron chi connectivity index (χ1n) is 8.60. The summed E-state index contributed by atoms with van der Waals surface area (Å²) in [5, 5.41) is 2.73. The molecule has 0 unspecified atom stereocenters. The van der Waals surface area contributed by atoms with Crippen molar-refractivity contribution in [2.75, 3.05) is 11.4 Å². The third-order valence-corrected chi connectivity index (χ3v) is 4.59. The standard InChI is InChI=1S/C20H20FN3O3/c1-13-5-3-4-6-15(13)11-22-18(25)12-23-19(26)14(2)24(20(23)27)17-9-7-16(21)8-10-17/h3-10,14H,11-12H2,1-2H3,(H,22,25)/t14-/m1/s1. The quantitative estimate of drug-likeness (QED) is 0.824. The largest absolute Gasteiger partial charge is 0.350 e. The molecule has 1 aliphatic rings. The normalized spacial score (nSPS) is 16.8. The average Bonchev–Trinajstić information content (AvgIpc) is 2.85. The van der Waals surface area contributed by atoms with Crippen LogP contribution in [-0.4, -0.2) is 35.3 Å². The molecule has 0 aliphatic carbocycles. The molecule has 1 N–H and O–H groups in total. The zero-order valence-corrected chi connectivity index (χ0v) is 15.1. The fourth-order valence-electron chi connectivity index (χ4n) is 3.01. The predicted molar refractivity (Wildman–Crippen MR) is 98.5 cm³/mol. The van der Waals surface area contributed by atoms with Crippen molar-refractivity contribution in [2.45, 2.75) is 26.4 Å². The van der Waals surface area contributed by atoms with Gasteiger partial charge in [-0.2, -0.15) is 0 Å². The summed E-state index contributed by atoms with van der Waals surface area (Å²) in [7, 11) is 0. The van der Waals surface area contributed by atoms with Crippen molar-refractivity contribution in [1.29, 1.82) is 0 Å². The Morgan fingerprint density at radius 1 is 1.11 bits per heavy atom. The summed E-state index contributed by atoms with van der Waals surface area (Å²) in [4.78, 5) is 39.5. The fraction of sp³-hybridized carbons (Fsp3) is 0.250. The van der Waals surface area contributed by atoms with E-state index in [1.807, 2.05) is 31.2 Å². The van der Waals surface area contributed by atoms with Crippen LogP contribution in [0.3, 0.4) is 0 Å². The van der Waals surface area contributed by atoms with Crippen molar-refractivity contribution in [2.24, 2.45) is 0 Å². The first-order valence-corrected chi connectivity index (χ1v) is 8.60. The number of urea groups is 1. The maximum absolute atomic E-state index is 13.1. The SMILES string of the molecule is Cc1ccccc1CNC(=O)CN1C(=O)[C@@H](C)N(c2ccc(F)cc2)C1=O. The number of halogens is 1. The molecule has 3 rings (SSSR count). The zero-order chi connectivity index (χ0) is 19.6. The second kappa shape index (κ2) is 7.57. The van der Waals surface area contributed by atoms with Gasteiger partial charge in [-0.15, -0.1) is 0 Å². The lowest BCUT2D eigenvalue weighted by atomic mass is 10.1. The van der Waals surface area contributed by atoms with Crippen LogP contribution in [0.1, 0.15) is 18.1 Å². The van der Waals surface area contributed by atoms with Gasteiger partial charge in [0.25, 0.3) is 5.91 Å². The minimum Gasteiger partial charge on any atom is -0.350 e. The zero-order valence-electron chi connectivity index (χ0n) is 15.1. The van der Waals surface area contributed by atoms with E-state index in [0.29, 0.717) is 12.2 Å². The average molecular weight is 369 g/mol. The van der Waals surface area contributed by atoms with E-state index in [4.69, 9.17) is 0 Å². The summed E-state index contributed by atoms with van der Waals surface area (Å²) in [6.07, 6.45) is 0. The molecule has 1 saturated heterocycles. The Bertz CT molecular complexity index is 882. The molecule has 6 nitrogen and oxygen atoms in total. The topological polar surface area (TPSA) is 69.7 Å². The number of carbonyl (C=O) groups is 3. The maximum atomic E-state index is 13.1. The summed E-state index contributed by atoms with van der Waals surface area (Å²) in [6, 6.07) is 11.6. The molecule has 0 spiro atoms. The number of nitrogens with zero attached hydrogens (tertiary/aromatic N) is 2. The monoisotopic (exact) mass is 369 g/mol. The van der Waals surface area contributed by atoms with Gasteiger partial charge in [0.15, 0.2) is 0 Å². The Hall–Kier alpha value is -3.22. The molecule has 0 saturated carbocycles. The molecule has 1 aliphatic heterocycles. The van der Waals surface area contributed by atoms with E-state index in [-0.39, 0.29) is 6.54 Å². The van der Waals surface area contributed by atoms with E-state index >= 15 is 0 Å². The Labute approximate surface area is 156 Å². The van der Waals surface area contributed by atoms with Gasteiger partial charge in [0.05, 0.1) is 0 Å². The van der Waals surface area contributed by atoms with E-state index in [2.05, 4.69) is 5.32 Å². The molecule has 2 aromatic rings. The van der Waals surface area contributed by atoms with Crippen LogP contribution in [0.25, 0.3) is 0 Å². The lowest BCUT2D eigenvalue weighted by molar-refractivity contribution is -0.131. The van der Waals surface area contributed by atoms with E-state index in [1.54, 1.807) is 6.92 Å². The molecule has 1 atom stereocenters. The molecule has 7 heteroatoms. The number of imide groups is 1. The summed E-state index contributed by atoms with van der Waals surface area (Å²) < 4.78 is 13.1. The molecule has 0 bridgehead atoms. The first kappa shape index (κ1) is 18.6. The highest BCUT2D eigenvalue weighted by Gasteiger charge is 2.43. The van der Waals surface area contributed by atoms with Crippen LogP contribution in [0, 0.1) is 12.7 Å². The molecular weight excluding hydrogens is 349 g/mol. The molecule has 0 aromatic heterocycles. The van der Waals surface area contributed by atoms with E-state index < -0.39 is 29.7 Å². The minimum absolute atomic E-state index is 0.318. The summed E-state index contributed by atoms with van der Waals surface area (Å²) in [6.45, 7) is 3.48. The predicted octanol–water partition coefficient (Wildman–Crippen LogP) is 2.61. The number of aryl methyl sites for hydroxylation is 1. The van der Waals surface area contributed by atoms with Gasteiger partial charge in [-0.25, -0.2) is 9.18 Å². The Morgan fingerprint density at radius 2 is 1.78 bits per heavy atom. The number of carbonyl (C=O) groups excluding carboxylic acids is 3. The van der Waals surface area contributed by atoms with Crippen LogP contribution in [0.4, 0.5) is 14.9 Å². The molecule has 140 valence electrons. The van der Waals surface area contributed by atoms with Gasteiger partial charge in [0.2, 0.25) is 5.91 Å². The van der Waals surface area contributed by atoms with Crippen molar-refractivity contribution in [3.8, 4) is 0 Å². The molecular formula is C20H20FN3O3. The van der Waals surface area contributed by atoms with E-state index in [0.717, 1.165) is 16.0 Å². The van der Waals surface area contributed by atoms with Crippen molar-refractivity contribution >= 4 is 23.5 Å². The number of nitrogens with one attached hydrogen (secondary N) is 1. The van der Waals surface area contributed by atoms with Gasteiger partial charge in [-0.05, 0) is 49.2 Å². The molecule has 4 amide bonds. The highest BCUT2D eigenvalue weighted by molar-refractivity contribution is 6.15. The molecule has 1 fully saturated rings. The summed E-state index contributed by atoms with van der Waals surface area (Å²) >= 11 is 0. The highest BCUT2D eigenvalue weighted by Crippen LogP contribution is 2.25. The van der Waals surface area contributed by atoms with Gasteiger partial charge >= 0.3 is 6.03 Å². The number of hydrogen-bond donors (Lipinski definition) is 1. The molecule has 1 heterocycles. The Morgan fingerprint density at radius 3 is 2.44 bits per heavy atom. The Kier molecular flexibility index (Phi) is 5.21. The van der Waals surface area contributed by atoms with Crippen LogP contribution < -0.4 is 10.2 Å². The summed E-state index contributed by atoms with van der Waals surface area (Å²) in [5.41, 5.74) is 2.42. The van der Waals surface area contributed by atoms with E-state index in [9.17, 15) is 18.8 Å². The number of amides is 4. The van der Waals surface area contributed by atoms with Crippen LogP contribution in [0.5, 0.6) is 0 Å². The number of anilines is 1. The van der Waals surface area contributed by atoms with Crippen LogP contribution >= 0.6 is 0 Å². The third kappa shape index (κ3) is 3.81. The first-order chi connectivity index (χ1) is 12.9. The number of hydrogen-bond acceptors (Lipinski definition) is 3. The second-order valence-corrected chi connectivity index (χ2v) is 6.43. The van der Waals surface area contributed by atoms with Gasteiger partial charge < -0.3 is 5.32 Å². The molecule has 2 aromatic carbocycles. The maximum Gasteiger partial charge on any atom is 0.332 e. The van der Waals surface area contributed by atoms with Crippen LogP contribution in [0.2, 0.25) is 0 Å². The van der Waals surface area contributed by atoms with Crippen molar-refractivity contribution in [3.63, 3.8) is 0 Å². The fourth-order valence-corrected chi connectivity index (χ4v) is 3.01. The second-order valence-electron chi connectivity index (χ2n) is 6.43. The van der Waals surface area contributed by atoms with Crippen LogP contribution in [0.15, 0.2) is 48.5 Å². The Balaban J connectivity index is 1.67. The number of rotatable bonds is 5. The molecule has 0 radical (unpaired) electrons. The van der Waals surface area contributed by atoms with Gasteiger partial charge in [-0.3, -0.25) is 19.4 Å². The number of benzene rings is 2. The van der Waals surface area contributed by atoms with Crippen molar-refractivity contribution in [1.82, 2.24) is 10.2 Å². The van der Waals surface area contributed by atoms with Gasteiger partial charge in [0, 0.05) is 12.2 Å². The van der Waals surface area contributed by atoms with Crippen molar-refractivity contribution < 1.29 is 18.8 Å². The lowest BCUT2D eigenvalue weighted by Crippen LogP contribution is -2.41.